The number of esters is 3. The Balaban J connectivity index is 0.000000183. The monoisotopic (exact) mass is 1320 g/mol. The molecule has 34 heteroatoms. The van der Waals surface area contributed by atoms with Crippen LogP contribution in [0.5, 0.6) is 0 Å². The zero-order valence-electron chi connectivity index (χ0n) is 48.7. The molecule has 3 fully saturated rings. The van der Waals surface area contributed by atoms with Crippen LogP contribution in [-0.4, -0.2) is 153 Å². The summed E-state index contributed by atoms with van der Waals surface area (Å²) in [4.78, 5) is 131. The molecule has 2 N–H and O–H groups in total. The lowest BCUT2D eigenvalue weighted by Crippen LogP contribution is -2.75. The Hall–Kier alpha value is -9.25. The summed E-state index contributed by atoms with van der Waals surface area (Å²) in [6.07, 6.45) is 9.66. The zero-order valence-corrected chi connectivity index (χ0v) is 52.8. The van der Waals surface area contributed by atoms with Gasteiger partial charge in [-0.05, 0) is 59.7 Å². The van der Waals surface area contributed by atoms with Crippen molar-refractivity contribution < 1.29 is 77.3 Å². The van der Waals surface area contributed by atoms with Crippen LogP contribution >= 0.6 is 57.1 Å². The van der Waals surface area contributed by atoms with Crippen molar-refractivity contribution in [2.45, 2.75) is 85.3 Å². The fraction of sp³-hybridized carbons (Fsp3) is 0.321. The molecule has 10 rings (SSSR count). The van der Waals surface area contributed by atoms with Gasteiger partial charge in [-0.1, -0.05) is 38.8 Å². The molecular weight excluding hydrogens is 1270 g/mol. The summed E-state index contributed by atoms with van der Waals surface area (Å²) in [7, 11) is 5.11. The molecule has 28 nitrogen and oxygen atoms in total. The van der Waals surface area contributed by atoms with Crippen molar-refractivity contribution in [2.75, 3.05) is 19.0 Å². The number of β-lactam (4-membered cyclic amide) rings is 1. The Morgan fingerprint density at radius 2 is 1.08 bits per heavy atom. The molecule has 0 aliphatic carbocycles. The number of rotatable bonds is 22. The molecule has 7 aromatic rings. The topological polar surface area (TPSA) is 367 Å². The van der Waals surface area contributed by atoms with Crippen molar-refractivity contribution in [3.63, 3.8) is 0 Å². The first-order valence-electron chi connectivity index (χ1n) is 26.8. The summed E-state index contributed by atoms with van der Waals surface area (Å²) in [5.41, 5.74) is 1.71. The number of carboxylic acids is 1. The number of thioether (sulfide) groups is 1. The van der Waals surface area contributed by atoms with Crippen LogP contribution in [0.4, 0.5) is 0 Å². The summed E-state index contributed by atoms with van der Waals surface area (Å²) in [5, 5.41) is 41.5. The van der Waals surface area contributed by atoms with Crippen LogP contribution in [0.3, 0.4) is 0 Å². The molecule has 3 saturated heterocycles. The van der Waals surface area contributed by atoms with Crippen molar-refractivity contribution in [3.8, 4) is 0 Å². The van der Waals surface area contributed by atoms with Crippen LogP contribution in [0.1, 0.15) is 86.2 Å². The molecule has 7 aromatic heterocycles. The lowest BCUT2D eigenvalue weighted by Gasteiger charge is -2.57. The van der Waals surface area contributed by atoms with Crippen LogP contribution in [0.2, 0.25) is 0 Å². The average molecular weight is 1320 g/mol. The van der Waals surface area contributed by atoms with Crippen LogP contribution in [0, 0.1) is 39.5 Å². The molecule has 0 spiro atoms. The fourth-order valence-corrected chi connectivity index (χ4v) is 12.3. The van der Waals surface area contributed by atoms with Gasteiger partial charge in [0.25, 0.3) is 5.72 Å². The number of aromatic nitrogens is 7. The third-order valence-corrected chi connectivity index (χ3v) is 16.9. The number of Topliss-reactive ketones (excluding diaryl/α,β-unsaturated/α-hetero) is 1. The number of hydrogen-bond donors (Lipinski definition) is 2. The van der Waals surface area contributed by atoms with Crippen molar-refractivity contribution >= 4 is 130 Å². The van der Waals surface area contributed by atoms with Gasteiger partial charge in [0.2, 0.25) is 23.0 Å². The second-order valence-corrected chi connectivity index (χ2v) is 24.0. The van der Waals surface area contributed by atoms with Crippen LogP contribution in [0.25, 0.3) is 0 Å². The molecule has 2 radical (unpaired) electrons. The number of amides is 1. The van der Waals surface area contributed by atoms with Gasteiger partial charge < -0.3 is 43.7 Å². The van der Waals surface area contributed by atoms with E-state index < -0.39 is 64.5 Å². The lowest BCUT2D eigenvalue weighted by atomic mass is 9.84. The number of thiazole rings is 4. The van der Waals surface area contributed by atoms with Crippen molar-refractivity contribution in [3.05, 3.63) is 155 Å². The number of carbonyl (C=O) groups excluding carboxylic acids is 6. The molecule has 3 aliphatic heterocycles. The summed E-state index contributed by atoms with van der Waals surface area (Å²) < 4.78 is 19.4. The lowest BCUT2D eigenvalue weighted by molar-refractivity contribution is -0.217. The number of pyridine rings is 3. The van der Waals surface area contributed by atoms with E-state index in [1.165, 1.54) is 62.0 Å². The van der Waals surface area contributed by atoms with Gasteiger partial charge >= 0.3 is 37.9 Å². The Bertz CT molecular complexity index is 3760. The standard InChI is InChI=1S/C22H19BN4O7S2.C14H15N3O3S.C12H11N3O3S.C8H10N2O3S/c1-11-25-15(10-35-11)18(26-32-8-12-3-2-4-24-7-12)16(28)6-14-19(30)27-20(14)36-9-13-5-17(29)33-22(13,27)21(31)34-23;1-3-19-14(18)13(12-9-21-10(2)16-12)17-20-8-11-5-4-6-15-7-11;1-8-14-10(7-19-8)11(12(16)17)15-18-6-9-3-2-4-13-5-9;1-3-13-8(11)7(10-12)6-4-14-5(2)9-6/h2-4,7,10,13-14,20H,5-6,8-9H2,1H3;4-7,9H,3,8H2,1-2H3;2-5,7H,6H2,1H3,(H,16,17);4,12H,3H2,1-2H3/b26-18-;17-13-;15-11-;10-7-/t13-,14+,20+,22+;;;/m0.../s1. The van der Waals surface area contributed by atoms with Crippen molar-refractivity contribution in [2.24, 2.45) is 32.5 Å². The van der Waals surface area contributed by atoms with Crippen molar-refractivity contribution in [1.29, 1.82) is 0 Å². The van der Waals surface area contributed by atoms with Gasteiger partial charge in [0.15, 0.2) is 11.5 Å². The van der Waals surface area contributed by atoms with Gasteiger partial charge in [0.1, 0.15) is 42.6 Å². The third kappa shape index (κ3) is 18.0. The number of hydrogen-bond acceptors (Lipinski definition) is 31. The van der Waals surface area contributed by atoms with Gasteiger partial charge in [-0.25, -0.2) is 39.1 Å². The van der Waals surface area contributed by atoms with E-state index in [0.717, 1.165) is 36.7 Å². The molecular formula is C56H55BN12O16S5. The number of aliphatic carboxylic acids is 1. The van der Waals surface area contributed by atoms with E-state index in [9.17, 15) is 33.6 Å². The highest BCUT2D eigenvalue weighted by Gasteiger charge is 2.71. The largest absolute Gasteiger partial charge is 0.539 e. The summed E-state index contributed by atoms with van der Waals surface area (Å²) in [6.45, 7) is 11.6. The van der Waals surface area contributed by atoms with Crippen molar-refractivity contribution in [1.82, 2.24) is 39.8 Å². The number of carbonyl (C=O) groups is 7. The summed E-state index contributed by atoms with van der Waals surface area (Å²) in [5.74, 6) is -5.93. The van der Waals surface area contributed by atoms with E-state index in [0.29, 0.717) is 28.5 Å². The minimum absolute atomic E-state index is 0.00319. The molecule has 1 amide bonds. The number of ketones is 1. The Labute approximate surface area is 534 Å². The minimum atomic E-state index is -1.89. The molecule has 4 atom stereocenters. The highest BCUT2D eigenvalue weighted by Crippen LogP contribution is 2.54. The van der Waals surface area contributed by atoms with E-state index in [1.54, 1.807) is 112 Å². The number of aryl methyl sites for hydroxylation is 4. The highest BCUT2D eigenvalue weighted by atomic mass is 32.2. The van der Waals surface area contributed by atoms with Gasteiger partial charge in [-0.3, -0.25) is 34.2 Å². The first-order chi connectivity index (χ1) is 43.4. The molecule has 10 heterocycles. The van der Waals surface area contributed by atoms with E-state index in [2.05, 4.69) is 60.2 Å². The average Bonchev–Trinajstić information content (AvgIpc) is 1.39. The predicted octanol–water partition coefficient (Wildman–Crippen LogP) is 6.52. The maximum absolute atomic E-state index is 13.3. The van der Waals surface area contributed by atoms with Gasteiger partial charge in [-0.2, -0.15) is 0 Å². The molecule has 0 aromatic carbocycles. The molecule has 0 unspecified atom stereocenters. The second kappa shape index (κ2) is 33.4. The number of ether oxygens (including phenoxy) is 3. The van der Waals surface area contributed by atoms with E-state index >= 15 is 0 Å². The number of oxime groups is 4. The van der Waals surface area contributed by atoms with E-state index in [4.69, 9.17) is 47.1 Å². The summed E-state index contributed by atoms with van der Waals surface area (Å²) >= 11 is 6.90. The Kier molecular flexibility index (Phi) is 25.3. The Morgan fingerprint density at radius 3 is 1.48 bits per heavy atom. The highest BCUT2D eigenvalue weighted by molar-refractivity contribution is 8.00. The zero-order chi connectivity index (χ0) is 64.7. The SMILES string of the molecule is CCOC(=O)/C(=N\O)c1csc(C)n1.CCOC(=O)/C(=N\OCc1cccnc1)c1csc(C)n1.Cc1nc(/C(=N/OCc2cccnc2)C(=O)O)cs1.[B]OC(=O)[C@]12OC(=O)C[C@H]1CS[C@@H]1[C@H](CC(=O)/C(=N\OCc3cccnc3)c3csc(C)n3)C(=O)N12. The summed E-state index contributed by atoms with van der Waals surface area (Å²) in [6, 6.07) is 10.8. The number of fused-ring (bicyclic) bond motifs is 3. The van der Waals surface area contributed by atoms with Crippen LogP contribution in [0.15, 0.2) is 116 Å². The second-order valence-electron chi connectivity index (χ2n) is 18.6. The minimum Gasteiger partial charge on any atom is -0.539 e. The van der Waals surface area contributed by atoms with Gasteiger partial charge in [0.05, 0.1) is 51.0 Å². The van der Waals surface area contributed by atoms with Gasteiger partial charge in [0, 0.05) is 93.5 Å². The Morgan fingerprint density at radius 1 is 0.656 bits per heavy atom. The van der Waals surface area contributed by atoms with Crippen LogP contribution in [-0.2, 0) is 86.8 Å². The molecule has 0 saturated carbocycles. The predicted molar refractivity (Wildman–Crippen MR) is 328 cm³/mol. The molecule has 0 bridgehead atoms. The normalized spacial score (nSPS) is 17.6. The van der Waals surface area contributed by atoms with E-state index in [-0.39, 0.29) is 68.7 Å². The molecule has 3 aliphatic rings. The molecule has 468 valence electrons. The smallest absolute Gasteiger partial charge is 0.378 e. The van der Waals surface area contributed by atoms with Gasteiger partial charge in [-0.15, -0.1) is 57.1 Å². The quantitative estimate of drug-likeness (QED) is 0.0139. The number of carboxylic acid groups (broad SMARTS) is 1. The van der Waals surface area contributed by atoms with E-state index in [1.807, 2.05) is 25.1 Å². The fourth-order valence-electron chi connectivity index (χ4n) is 8.29. The first-order valence-corrected chi connectivity index (χ1v) is 31.3. The third-order valence-electron chi connectivity index (χ3n) is 12.3. The maximum Gasteiger partial charge on any atom is 0.378 e. The molecule has 90 heavy (non-hydrogen) atoms. The first kappa shape index (κ1) is 68.2. The number of nitrogens with zero attached hydrogens (tertiary/aromatic N) is 12. The maximum atomic E-state index is 13.3. The van der Waals surface area contributed by atoms with Crippen LogP contribution < -0.4 is 0 Å².